The van der Waals surface area contributed by atoms with Gasteiger partial charge in [0.1, 0.15) is 5.56 Å². The third kappa shape index (κ3) is 5.00. The van der Waals surface area contributed by atoms with Gasteiger partial charge in [-0.2, -0.15) is 4.31 Å². The summed E-state index contributed by atoms with van der Waals surface area (Å²) in [6.45, 7) is 2.33. The standard InChI is InChI=1S/C24H24N4O6S/c1-18-6-4-7-19(16-18)17-26-11-5-8-20(24(26)30)23(29)25-12-14-27(15-13-25)35(33,34)22-10-3-2-9-21(22)28(31)32/h2-11,16H,12-15,17H2,1H3. The number of hydrogen-bond acceptors (Lipinski definition) is 6. The lowest BCUT2D eigenvalue weighted by Crippen LogP contribution is -2.51. The minimum absolute atomic E-state index is 0.00941. The van der Waals surface area contributed by atoms with E-state index in [-0.39, 0.29) is 36.6 Å². The van der Waals surface area contributed by atoms with Gasteiger partial charge in [0, 0.05) is 38.4 Å². The SMILES string of the molecule is Cc1cccc(Cn2cccc(C(=O)N3CCN(S(=O)(=O)c4ccccc4[N+](=O)[O-])CC3)c2=O)c1. The quantitative estimate of drug-likeness (QED) is 0.381. The predicted octanol–water partition coefficient (Wildman–Crippen LogP) is 2.26. The highest BCUT2D eigenvalue weighted by Crippen LogP contribution is 2.27. The molecule has 2 heterocycles. The van der Waals surface area contributed by atoms with E-state index >= 15 is 0 Å². The highest BCUT2D eigenvalue weighted by molar-refractivity contribution is 7.89. The molecule has 182 valence electrons. The topological polar surface area (TPSA) is 123 Å². The first-order chi connectivity index (χ1) is 16.7. The molecule has 0 bridgehead atoms. The van der Waals surface area contributed by atoms with Crippen molar-refractivity contribution in [1.29, 1.82) is 0 Å². The van der Waals surface area contributed by atoms with Crippen LogP contribution in [-0.4, -0.2) is 59.2 Å². The summed E-state index contributed by atoms with van der Waals surface area (Å²) in [5.74, 6) is -0.476. The van der Waals surface area contributed by atoms with Crippen molar-refractivity contribution < 1.29 is 18.1 Å². The van der Waals surface area contributed by atoms with E-state index in [2.05, 4.69) is 0 Å². The normalized spacial score (nSPS) is 14.6. The van der Waals surface area contributed by atoms with E-state index in [1.807, 2.05) is 31.2 Å². The number of nitro benzene ring substituents is 1. The first-order valence-corrected chi connectivity index (χ1v) is 12.4. The molecule has 1 amide bonds. The van der Waals surface area contributed by atoms with E-state index < -0.39 is 32.1 Å². The zero-order valence-electron chi connectivity index (χ0n) is 19.0. The van der Waals surface area contributed by atoms with Crippen LogP contribution in [-0.2, 0) is 16.6 Å². The van der Waals surface area contributed by atoms with Gasteiger partial charge < -0.3 is 9.47 Å². The molecule has 1 aliphatic heterocycles. The lowest BCUT2D eigenvalue weighted by Gasteiger charge is -2.33. The van der Waals surface area contributed by atoms with E-state index in [1.54, 1.807) is 12.3 Å². The number of aromatic nitrogens is 1. The minimum Gasteiger partial charge on any atom is -0.336 e. The van der Waals surface area contributed by atoms with Gasteiger partial charge in [-0.3, -0.25) is 19.7 Å². The number of benzene rings is 2. The lowest BCUT2D eigenvalue weighted by molar-refractivity contribution is -0.387. The Balaban J connectivity index is 1.49. The van der Waals surface area contributed by atoms with Crippen LogP contribution >= 0.6 is 0 Å². The van der Waals surface area contributed by atoms with Gasteiger partial charge in [-0.1, -0.05) is 42.0 Å². The number of pyridine rings is 1. The van der Waals surface area contributed by atoms with E-state index in [0.29, 0.717) is 6.54 Å². The number of amides is 1. The van der Waals surface area contributed by atoms with Crippen LogP contribution in [0.2, 0.25) is 0 Å². The summed E-state index contributed by atoms with van der Waals surface area (Å²) < 4.78 is 28.6. The highest BCUT2D eigenvalue weighted by Gasteiger charge is 2.35. The molecule has 1 aromatic heterocycles. The summed E-state index contributed by atoms with van der Waals surface area (Å²) in [7, 11) is -4.12. The van der Waals surface area contributed by atoms with Gasteiger partial charge in [0.2, 0.25) is 10.0 Å². The smallest absolute Gasteiger partial charge is 0.289 e. The second-order valence-corrected chi connectivity index (χ2v) is 10.2. The molecular formula is C24H24N4O6S. The molecule has 1 fully saturated rings. The molecule has 0 unspecified atom stereocenters. The van der Waals surface area contributed by atoms with Crippen molar-refractivity contribution in [1.82, 2.24) is 13.8 Å². The fraction of sp³-hybridized carbons (Fsp3) is 0.250. The molecule has 1 aliphatic rings. The molecule has 4 rings (SSSR count). The maximum absolute atomic E-state index is 13.1. The Morgan fingerprint density at radius 2 is 1.71 bits per heavy atom. The Bertz CT molecular complexity index is 1440. The Kier molecular flexibility index (Phi) is 6.81. The predicted molar refractivity (Wildman–Crippen MR) is 129 cm³/mol. The van der Waals surface area contributed by atoms with Gasteiger partial charge in [0.15, 0.2) is 4.90 Å². The number of carbonyl (C=O) groups excluding carboxylic acids is 1. The van der Waals surface area contributed by atoms with Crippen LogP contribution in [0, 0.1) is 17.0 Å². The van der Waals surface area contributed by atoms with Crippen LogP contribution < -0.4 is 5.56 Å². The number of hydrogen-bond donors (Lipinski definition) is 0. The molecular weight excluding hydrogens is 472 g/mol. The van der Waals surface area contributed by atoms with E-state index in [4.69, 9.17) is 0 Å². The monoisotopic (exact) mass is 496 g/mol. The summed E-state index contributed by atoms with van der Waals surface area (Å²) in [6.07, 6.45) is 1.62. The van der Waals surface area contributed by atoms with Crippen molar-refractivity contribution >= 4 is 21.6 Å². The third-order valence-corrected chi connectivity index (χ3v) is 7.84. The molecule has 0 saturated carbocycles. The number of nitro groups is 1. The number of carbonyl (C=O) groups is 1. The van der Waals surface area contributed by atoms with E-state index in [9.17, 15) is 28.1 Å². The average molecular weight is 497 g/mol. The molecule has 10 nitrogen and oxygen atoms in total. The molecule has 0 N–H and O–H groups in total. The second-order valence-electron chi connectivity index (χ2n) is 8.27. The van der Waals surface area contributed by atoms with Gasteiger partial charge >= 0.3 is 0 Å². The van der Waals surface area contributed by atoms with Gasteiger partial charge in [-0.15, -0.1) is 0 Å². The van der Waals surface area contributed by atoms with E-state index in [1.165, 1.54) is 33.7 Å². The molecule has 35 heavy (non-hydrogen) atoms. The molecule has 0 atom stereocenters. The molecule has 11 heteroatoms. The largest absolute Gasteiger partial charge is 0.336 e. The molecule has 2 aromatic carbocycles. The van der Waals surface area contributed by atoms with Crippen molar-refractivity contribution in [3.05, 3.63) is 104 Å². The van der Waals surface area contributed by atoms with Crippen LogP contribution in [0.5, 0.6) is 0 Å². The van der Waals surface area contributed by atoms with Crippen molar-refractivity contribution in [3.63, 3.8) is 0 Å². The number of rotatable bonds is 6. The highest BCUT2D eigenvalue weighted by atomic mass is 32.2. The van der Waals surface area contributed by atoms with Crippen LogP contribution in [0.25, 0.3) is 0 Å². The number of nitrogens with zero attached hydrogens (tertiary/aromatic N) is 4. The molecule has 3 aromatic rings. The summed E-state index contributed by atoms with van der Waals surface area (Å²) in [6, 6.07) is 16.0. The fourth-order valence-corrected chi connectivity index (χ4v) is 5.68. The van der Waals surface area contributed by atoms with Crippen molar-refractivity contribution in [2.24, 2.45) is 0 Å². The summed E-state index contributed by atoms with van der Waals surface area (Å²) in [5, 5.41) is 11.3. The van der Waals surface area contributed by atoms with Crippen molar-refractivity contribution in [2.75, 3.05) is 26.2 Å². The Morgan fingerprint density at radius 3 is 2.40 bits per heavy atom. The lowest BCUT2D eigenvalue weighted by atomic mass is 10.1. The third-order valence-electron chi connectivity index (χ3n) is 5.89. The Labute approximate surface area is 202 Å². The summed E-state index contributed by atoms with van der Waals surface area (Å²) in [4.78, 5) is 37.7. The van der Waals surface area contributed by atoms with E-state index in [0.717, 1.165) is 21.5 Å². The van der Waals surface area contributed by atoms with Gasteiger partial charge in [0.25, 0.3) is 17.2 Å². The molecule has 0 aliphatic carbocycles. The average Bonchev–Trinajstić information content (AvgIpc) is 2.85. The molecule has 0 radical (unpaired) electrons. The van der Waals surface area contributed by atoms with Gasteiger partial charge in [0.05, 0.1) is 11.5 Å². The van der Waals surface area contributed by atoms with Crippen LogP contribution in [0.1, 0.15) is 21.5 Å². The zero-order chi connectivity index (χ0) is 25.2. The van der Waals surface area contributed by atoms with Crippen molar-refractivity contribution in [2.45, 2.75) is 18.4 Å². The second kappa shape index (κ2) is 9.80. The van der Waals surface area contributed by atoms with Gasteiger partial charge in [-0.05, 0) is 30.7 Å². The van der Waals surface area contributed by atoms with Crippen molar-refractivity contribution in [3.8, 4) is 0 Å². The van der Waals surface area contributed by atoms with Gasteiger partial charge in [-0.25, -0.2) is 8.42 Å². The number of sulfonamides is 1. The number of piperazine rings is 1. The minimum atomic E-state index is -4.12. The fourth-order valence-electron chi connectivity index (χ4n) is 4.10. The first kappa shape index (κ1) is 24.3. The summed E-state index contributed by atoms with van der Waals surface area (Å²) >= 11 is 0. The van der Waals surface area contributed by atoms with Crippen LogP contribution in [0.15, 0.2) is 76.6 Å². The summed E-state index contributed by atoms with van der Waals surface area (Å²) in [5.41, 5.74) is 1.09. The Morgan fingerprint density at radius 1 is 1.00 bits per heavy atom. The molecule has 0 spiro atoms. The Hall–Kier alpha value is -3.83. The number of para-hydroxylation sites is 1. The van der Waals surface area contributed by atoms with Crippen LogP contribution in [0.4, 0.5) is 5.69 Å². The maximum Gasteiger partial charge on any atom is 0.289 e. The zero-order valence-corrected chi connectivity index (χ0v) is 19.8. The molecule has 1 saturated heterocycles. The number of aryl methyl sites for hydroxylation is 1. The van der Waals surface area contributed by atoms with Crippen LogP contribution in [0.3, 0.4) is 0 Å². The maximum atomic E-state index is 13.1. The first-order valence-electron chi connectivity index (χ1n) is 11.0.